The summed E-state index contributed by atoms with van der Waals surface area (Å²) in [5, 5.41) is 14.5. The lowest BCUT2D eigenvalue weighted by atomic mass is 10.0. The second kappa shape index (κ2) is 8.02. The van der Waals surface area contributed by atoms with Crippen molar-refractivity contribution in [3.05, 3.63) is 78.8 Å². The zero-order valence-corrected chi connectivity index (χ0v) is 16.8. The number of nitrogens with zero attached hydrogens (tertiary/aromatic N) is 4. The third-order valence-electron chi connectivity index (χ3n) is 5.52. The van der Waals surface area contributed by atoms with Crippen LogP contribution in [0.1, 0.15) is 16.8 Å². The molecule has 7 nitrogen and oxygen atoms in total. The van der Waals surface area contributed by atoms with Gasteiger partial charge in [-0.05, 0) is 59.7 Å². The van der Waals surface area contributed by atoms with Crippen molar-refractivity contribution in [3.8, 4) is 17.0 Å². The number of aromatic nitrogens is 3. The van der Waals surface area contributed by atoms with E-state index < -0.39 is 0 Å². The molecule has 1 atom stereocenters. The van der Waals surface area contributed by atoms with E-state index in [4.69, 9.17) is 0 Å². The molecule has 1 amide bonds. The van der Waals surface area contributed by atoms with E-state index in [1.165, 1.54) is 0 Å². The lowest BCUT2D eigenvalue weighted by Crippen LogP contribution is -2.37. The fraction of sp³-hybridized carbons (Fsp3) is 0.167. The lowest BCUT2D eigenvalue weighted by molar-refractivity contribution is 0.0942. The van der Waals surface area contributed by atoms with Gasteiger partial charge in [0.15, 0.2) is 0 Å². The third kappa shape index (κ3) is 3.90. The smallest absolute Gasteiger partial charge is 0.252 e. The number of benzene rings is 2. The Kier molecular flexibility index (Phi) is 4.92. The summed E-state index contributed by atoms with van der Waals surface area (Å²) in [6, 6.07) is 16.3. The highest BCUT2D eigenvalue weighted by Crippen LogP contribution is 2.24. The highest BCUT2D eigenvalue weighted by atomic mass is 16.3. The summed E-state index contributed by atoms with van der Waals surface area (Å²) in [6.07, 6.45) is 6.08. The minimum atomic E-state index is -0.117. The predicted molar refractivity (Wildman–Crippen MR) is 119 cm³/mol. The van der Waals surface area contributed by atoms with Gasteiger partial charge in [-0.25, -0.2) is 9.97 Å². The van der Waals surface area contributed by atoms with Crippen molar-refractivity contribution in [1.82, 2.24) is 20.3 Å². The Morgan fingerprint density at radius 2 is 2.03 bits per heavy atom. The standard InChI is InChI=1S/C24H21N5O2/c30-19-6-7-20-16(13-19)3-1-5-21(20)23(31)27-18-9-12-29(15-18)24-26-11-8-22(28-24)17-4-2-10-25-14-17/h1-8,10-11,13-14,18,30H,9,12,15H2,(H,27,31). The highest BCUT2D eigenvalue weighted by molar-refractivity contribution is 6.07. The Morgan fingerprint density at radius 1 is 1.10 bits per heavy atom. The van der Waals surface area contributed by atoms with Gasteiger partial charge >= 0.3 is 0 Å². The zero-order valence-electron chi connectivity index (χ0n) is 16.8. The topological polar surface area (TPSA) is 91.2 Å². The number of anilines is 1. The molecule has 1 saturated heterocycles. The number of hydrogen-bond donors (Lipinski definition) is 2. The molecule has 1 aliphatic rings. The maximum absolute atomic E-state index is 13.0. The second-order valence-corrected chi connectivity index (χ2v) is 7.60. The van der Waals surface area contributed by atoms with Gasteiger partial charge in [-0.1, -0.05) is 12.1 Å². The molecule has 0 spiro atoms. The molecule has 0 bridgehead atoms. The molecule has 154 valence electrons. The van der Waals surface area contributed by atoms with Gasteiger partial charge in [0.25, 0.3) is 5.91 Å². The van der Waals surface area contributed by atoms with Crippen LogP contribution < -0.4 is 10.2 Å². The second-order valence-electron chi connectivity index (χ2n) is 7.60. The first-order valence-electron chi connectivity index (χ1n) is 10.2. The number of pyridine rings is 1. The van der Waals surface area contributed by atoms with Crippen molar-refractivity contribution in [2.45, 2.75) is 12.5 Å². The largest absolute Gasteiger partial charge is 0.508 e. The van der Waals surface area contributed by atoms with E-state index in [9.17, 15) is 9.90 Å². The number of carbonyl (C=O) groups is 1. The molecule has 0 radical (unpaired) electrons. The predicted octanol–water partition coefficient (Wildman–Crippen LogP) is 3.41. The zero-order chi connectivity index (χ0) is 21.2. The molecule has 1 aliphatic heterocycles. The van der Waals surface area contributed by atoms with Crippen molar-refractivity contribution in [2.75, 3.05) is 18.0 Å². The van der Waals surface area contributed by atoms with Crippen molar-refractivity contribution < 1.29 is 9.90 Å². The Balaban J connectivity index is 1.30. The third-order valence-corrected chi connectivity index (χ3v) is 5.52. The molecule has 2 aromatic carbocycles. The quantitative estimate of drug-likeness (QED) is 0.535. The van der Waals surface area contributed by atoms with Crippen LogP contribution in [0.4, 0.5) is 5.95 Å². The monoisotopic (exact) mass is 411 g/mol. The van der Waals surface area contributed by atoms with Crippen molar-refractivity contribution in [3.63, 3.8) is 0 Å². The molecule has 1 unspecified atom stereocenters. The number of phenolic OH excluding ortho intramolecular Hbond substituents is 1. The molecule has 3 heterocycles. The summed E-state index contributed by atoms with van der Waals surface area (Å²) >= 11 is 0. The number of phenols is 1. The van der Waals surface area contributed by atoms with E-state index in [0.717, 1.165) is 35.0 Å². The summed E-state index contributed by atoms with van der Waals surface area (Å²) in [4.78, 5) is 28.3. The minimum absolute atomic E-state index is 0.00511. The van der Waals surface area contributed by atoms with Crippen LogP contribution in [-0.2, 0) is 0 Å². The van der Waals surface area contributed by atoms with Crippen LogP contribution in [0.2, 0.25) is 0 Å². The van der Waals surface area contributed by atoms with E-state index in [1.54, 1.807) is 36.8 Å². The Labute approximate surface area is 179 Å². The Hall–Kier alpha value is -4.00. The van der Waals surface area contributed by atoms with Crippen molar-refractivity contribution in [2.24, 2.45) is 0 Å². The first kappa shape index (κ1) is 19.0. The molecule has 2 aromatic heterocycles. The maximum Gasteiger partial charge on any atom is 0.252 e. The van der Waals surface area contributed by atoms with Crippen LogP contribution >= 0.6 is 0 Å². The average molecular weight is 411 g/mol. The summed E-state index contributed by atoms with van der Waals surface area (Å²) in [5.41, 5.74) is 2.37. The summed E-state index contributed by atoms with van der Waals surface area (Å²) in [5.74, 6) is 0.719. The van der Waals surface area contributed by atoms with Gasteiger partial charge in [0.1, 0.15) is 5.75 Å². The van der Waals surface area contributed by atoms with Gasteiger partial charge in [0, 0.05) is 48.8 Å². The van der Waals surface area contributed by atoms with E-state index in [1.807, 2.05) is 36.4 Å². The van der Waals surface area contributed by atoms with Crippen LogP contribution in [-0.4, -0.2) is 45.1 Å². The normalized spacial score (nSPS) is 15.9. The number of nitrogens with one attached hydrogen (secondary N) is 1. The van der Waals surface area contributed by atoms with Gasteiger partial charge < -0.3 is 15.3 Å². The lowest BCUT2D eigenvalue weighted by Gasteiger charge is -2.18. The van der Waals surface area contributed by atoms with Gasteiger partial charge in [0.05, 0.1) is 5.69 Å². The Morgan fingerprint density at radius 3 is 2.90 bits per heavy atom. The molecule has 4 aromatic rings. The first-order valence-corrected chi connectivity index (χ1v) is 10.2. The molecule has 1 fully saturated rings. The number of carbonyl (C=O) groups excluding carboxylic acids is 1. The van der Waals surface area contributed by atoms with E-state index in [-0.39, 0.29) is 17.7 Å². The van der Waals surface area contributed by atoms with Gasteiger partial charge in [0.2, 0.25) is 5.95 Å². The van der Waals surface area contributed by atoms with Crippen LogP contribution in [0.5, 0.6) is 5.75 Å². The van der Waals surface area contributed by atoms with E-state index in [0.29, 0.717) is 18.1 Å². The van der Waals surface area contributed by atoms with E-state index in [2.05, 4.69) is 25.2 Å². The summed E-state index contributed by atoms with van der Waals surface area (Å²) in [7, 11) is 0. The molecule has 5 rings (SSSR count). The van der Waals surface area contributed by atoms with Gasteiger partial charge in [-0.3, -0.25) is 9.78 Å². The number of aromatic hydroxyl groups is 1. The fourth-order valence-electron chi connectivity index (χ4n) is 3.97. The van der Waals surface area contributed by atoms with Crippen molar-refractivity contribution in [1.29, 1.82) is 0 Å². The highest BCUT2D eigenvalue weighted by Gasteiger charge is 2.26. The van der Waals surface area contributed by atoms with Gasteiger partial charge in [-0.15, -0.1) is 0 Å². The molecular weight excluding hydrogens is 390 g/mol. The number of amides is 1. The van der Waals surface area contributed by atoms with Crippen molar-refractivity contribution >= 4 is 22.6 Å². The number of hydrogen-bond acceptors (Lipinski definition) is 6. The number of rotatable bonds is 4. The molecule has 0 aliphatic carbocycles. The minimum Gasteiger partial charge on any atom is -0.508 e. The summed E-state index contributed by atoms with van der Waals surface area (Å²) in [6.45, 7) is 1.42. The number of fused-ring (bicyclic) bond motifs is 1. The van der Waals surface area contributed by atoms with Crippen LogP contribution in [0.3, 0.4) is 0 Å². The van der Waals surface area contributed by atoms with E-state index >= 15 is 0 Å². The Bertz CT molecular complexity index is 1250. The van der Waals surface area contributed by atoms with Crippen LogP contribution in [0.25, 0.3) is 22.0 Å². The van der Waals surface area contributed by atoms with Gasteiger partial charge in [-0.2, -0.15) is 0 Å². The molecule has 2 N–H and O–H groups in total. The molecule has 0 saturated carbocycles. The van der Waals surface area contributed by atoms with Crippen LogP contribution in [0.15, 0.2) is 73.2 Å². The molecule has 31 heavy (non-hydrogen) atoms. The average Bonchev–Trinajstić information content (AvgIpc) is 3.27. The molecule has 7 heteroatoms. The maximum atomic E-state index is 13.0. The fourth-order valence-corrected chi connectivity index (χ4v) is 3.97. The first-order chi connectivity index (χ1) is 15.2. The summed E-state index contributed by atoms with van der Waals surface area (Å²) < 4.78 is 0. The SMILES string of the molecule is O=C(NC1CCN(c2nccc(-c3cccnc3)n2)C1)c1cccc2cc(O)ccc12. The molecular formula is C24H21N5O2. The van der Waals surface area contributed by atoms with Crippen LogP contribution in [0, 0.1) is 0 Å².